The Labute approximate surface area is 132 Å². The Morgan fingerprint density at radius 1 is 1.00 bits per heavy atom. The highest BCUT2D eigenvalue weighted by Gasteiger charge is 2.12. The Bertz CT molecular complexity index is 1060. The molecule has 0 saturated heterocycles. The zero-order valence-corrected chi connectivity index (χ0v) is 12.5. The van der Waals surface area contributed by atoms with Crippen LogP contribution in [0.3, 0.4) is 0 Å². The standard InChI is InChI=1S/C18H11N3S/c19-10-12-7-8-15(14-5-2-1-4-13(12)14)21-11-17(22)18-16(21)6-3-9-20-18/h1-9,11,22H. The minimum absolute atomic E-state index is 0.681. The van der Waals surface area contributed by atoms with Gasteiger partial charge < -0.3 is 4.57 Å². The maximum absolute atomic E-state index is 9.29. The summed E-state index contributed by atoms with van der Waals surface area (Å²) in [4.78, 5) is 5.23. The lowest BCUT2D eigenvalue weighted by Gasteiger charge is -2.10. The normalized spacial score (nSPS) is 10.9. The zero-order valence-electron chi connectivity index (χ0n) is 11.6. The lowest BCUT2D eigenvalue weighted by Crippen LogP contribution is -1.94. The molecule has 2 aromatic heterocycles. The van der Waals surface area contributed by atoms with E-state index in [1.54, 1.807) is 6.20 Å². The lowest BCUT2D eigenvalue weighted by molar-refractivity contribution is 1.12. The van der Waals surface area contributed by atoms with Crippen molar-refractivity contribution in [1.29, 1.82) is 5.26 Å². The average molecular weight is 301 g/mol. The van der Waals surface area contributed by atoms with Crippen molar-refractivity contribution < 1.29 is 0 Å². The molecule has 3 nitrogen and oxygen atoms in total. The second-order valence-electron chi connectivity index (χ2n) is 5.05. The minimum atomic E-state index is 0.681. The molecule has 0 amide bonds. The molecule has 4 aromatic rings. The first kappa shape index (κ1) is 12.9. The van der Waals surface area contributed by atoms with Gasteiger partial charge in [-0.3, -0.25) is 4.98 Å². The van der Waals surface area contributed by atoms with Crippen molar-refractivity contribution in [3.05, 3.63) is 66.5 Å². The molecule has 4 heteroatoms. The molecule has 0 radical (unpaired) electrons. The van der Waals surface area contributed by atoms with Crippen molar-refractivity contribution >= 4 is 34.4 Å². The van der Waals surface area contributed by atoms with Crippen LogP contribution >= 0.6 is 12.6 Å². The van der Waals surface area contributed by atoms with Crippen molar-refractivity contribution in [2.45, 2.75) is 4.90 Å². The van der Waals surface area contributed by atoms with E-state index >= 15 is 0 Å². The molecule has 0 atom stereocenters. The van der Waals surface area contributed by atoms with E-state index in [0.29, 0.717) is 5.56 Å². The van der Waals surface area contributed by atoms with Crippen LogP contribution in [0.1, 0.15) is 5.56 Å². The number of benzene rings is 2. The predicted molar refractivity (Wildman–Crippen MR) is 90.5 cm³/mol. The van der Waals surface area contributed by atoms with Gasteiger partial charge in [-0.05, 0) is 24.3 Å². The minimum Gasteiger partial charge on any atom is -0.313 e. The largest absolute Gasteiger partial charge is 0.313 e. The van der Waals surface area contributed by atoms with E-state index in [9.17, 15) is 5.26 Å². The van der Waals surface area contributed by atoms with Crippen LogP contribution in [-0.4, -0.2) is 9.55 Å². The Morgan fingerprint density at radius 2 is 1.82 bits per heavy atom. The Balaban J connectivity index is 2.12. The molecular weight excluding hydrogens is 290 g/mol. The quantitative estimate of drug-likeness (QED) is 0.531. The number of hydrogen-bond donors (Lipinski definition) is 1. The van der Waals surface area contributed by atoms with E-state index in [1.807, 2.05) is 54.7 Å². The van der Waals surface area contributed by atoms with Gasteiger partial charge in [0.05, 0.1) is 22.8 Å². The van der Waals surface area contributed by atoms with Crippen LogP contribution in [-0.2, 0) is 0 Å². The van der Waals surface area contributed by atoms with Crippen LogP contribution in [0.25, 0.3) is 27.5 Å². The molecule has 0 bridgehead atoms. The maximum atomic E-state index is 9.29. The molecular formula is C18H11N3S. The molecule has 104 valence electrons. The second kappa shape index (κ2) is 4.90. The van der Waals surface area contributed by atoms with Crippen LogP contribution in [0, 0.1) is 11.3 Å². The van der Waals surface area contributed by atoms with Crippen LogP contribution < -0.4 is 0 Å². The zero-order chi connectivity index (χ0) is 15.1. The number of hydrogen-bond acceptors (Lipinski definition) is 3. The van der Waals surface area contributed by atoms with Gasteiger partial charge in [-0.15, -0.1) is 12.6 Å². The van der Waals surface area contributed by atoms with E-state index in [-0.39, 0.29) is 0 Å². The van der Waals surface area contributed by atoms with E-state index in [2.05, 4.69) is 28.2 Å². The topological polar surface area (TPSA) is 41.6 Å². The van der Waals surface area contributed by atoms with Gasteiger partial charge in [0.2, 0.25) is 0 Å². The number of nitriles is 1. The summed E-state index contributed by atoms with van der Waals surface area (Å²) < 4.78 is 2.08. The molecule has 4 rings (SSSR count). The molecule has 0 fully saturated rings. The molecule has 0 unspecified atom stereocenters. The first-order valence-corrected chi connectivity index (χ1v) is 7.31. The van der Waals surface area contributed by atoms with Crippen molar-refractivity contribution in [3.63, 3.8) is 0 Å². The molecule has 0 aliphatic rings. The van der Waals surface area contributed by atoms with Gasteiger partial charge in [-0.2, -0.15) is 5.26 Å². The van der Waals surface area contributed by atoms with Crippen molar-refractivity contribution in [2.75, 3.05) is 0 Å². The van der Waals surface area contributed by atoms with Crippen molar-refractivity contribution in [3.8, 4) is 11.8 Å². The number of nitrogens with zero attached hydrogens (tertiary/aromatic N) is 3. The Hall–Kier alpha value is -2.77. The molecule has 0 N–H and O–H groups in total. The highest BCUT2D eigenvalue weighted by atomic mass is 32.1. The van der Waals surface area contributed by atoms with Gasteiger partial charge >= 0.3 is 0 Å². The van der Waals surface area contributed by atoms with Crippen molar-refractivity contribution in [2.24, 2.45) is 0 Å². The summed E-state index contributed by atoms with van der Waals surface area (Å²) in [6.07, 6.45) is 3.73. The summed E-state index contributed by atoms with van der Waals surface area (Å²) in [7, 11) is 0. The summed E-state index contributed by atoms with van der Waals surface area (Å²) in [5.41, 5.74) is 3.58. The van der Waals surface area contributed by atoms with E-state index < -0.39 is 0 Å². The van der Waals surface area contributed by atoms with Crippen LogP contribution in [0.2, 0.25) is 0 Å². The highest BCUT2D eigenvalue weighted by molar-refractivity contribution is 7.80. The SMILES string of the molecule is N#Cc1ccc(-n2cc(S)c3ncccc32)c2ccccc12. The average Bonchev–Trinajstić information content (AvgIpc) is 2.91. The third-order valence-electron chi connectivity index (χ3n) is 3.82. The summed E-state index contributed by atoms with van der Waals surface area (Å²) in [6, 6.07) is 18.0. The number of thiol groups is 1. The maximum Gasteiger partial charge on any atom is 0.102 e. The lowest BCUT2D eigenvalue weighted by atomic mass is 10.0. The molecule has 2 aromatic carbocycles. The fourth-order valence-corrected chi connectivity index (χ4v) is 3.12. The number of rotatable bonds is 1. The smallest absolute Gasteiger partial charge is 0.102 e. The van der Waals surface area contributed by atoms with Gasteiger partial charge in [-0.1, -0.05) is 24.3 Å². The fourth-order valence-electron chi connectivity index (χ4n) is 2.83. The van der Waals surface area contributed by atoms with Crippen LogP contribution in [0.15, 0.2) is 65.8 Å². The van der Waals surface area contributed by atoms with Gasteiger partial charge in [-0.25, -0.2) is 0 Å². The fraction of sp³-hybridized carbons (Fsp3) is 0. The van der Waals surface area contributed by atoms with Gasteiger partial charge in [0.1, 0.15) is 5.52 Å². The molecule has 0 spiro atoms. The van der Waals surface area contributed by atoms with Crippen LogP contribution in [0.5, 0.6) is 0 Å². The van der Waals surface area contributed by atoms with E-state index in [0.717, 1.165) is 32.4 Å². The van der Waals surface area contributed by atoms with Crippen LogP contribution in [0.4, 0.5) is 0 Å². The number of fused-ring (bicyclic) bond motifs is 2. The van der Waals surface area contributed by atoms with E-state index in [4.69, 9.17) is 0 Å². The van der Waals surface area contributed by atoms with E-state index in [1.165, 1.54) is 0 Å². The van der Waals surface area contributed by atoms with Crippen molar-refractivity contribution in [1.82, 2.24) is 9.55 Å². The third-order valence-corrected chi connectivity index (χ3v) is 4.15. The Morgan fingerprint density at radius 3 is 2.64 bits per heavy atom. The summed E-state index contributed by atoms with van der Waals surface area (Å²) >= 11 is 4.52. The predicted octanol–water partition coefficient (Wildman–Crippen LogP) is 4.34. The second-order valence-corrected chi connectivity index (χ2v) is 5.53. The van der Waals surface area contributed by atoms with Gasteiger partial charge in [0.25, 0.3) is 0 Å². The monoisotopic (exact) mass is 301 g/mol. The molecule has 0 saturated carbocycles. The first-order valence-electron chi connectivity index (χ1n) is 6.87. The summed E-state index contributed by atoms with van der Waals surface area (Å²) in [5.74, 6) is 0. The van der Waals surface area contributed by atoms with Gasteiger partial charge in [0.15, 0.2) is 0 Å². The molecule has 0 aliphatic heterocycles. The Kier molecular flexibility index (Phi) is 2.88. The highest BCUT2D eigenvalue weighted by Crippen LogP contribution is 2.30. The third kappa shape index (κ3) is 1.80. The number of aromatic nitrogens is 2. The molecule has 2 heterocycles. The van der Waals surface area contributed by atoms with Gasteiger partial charge in [0, 0.05) is 28.1 Å². The summed E-state index contributed by atoms with van der Waals surface area (Å²) in [5, 5.41) is 11.3. The molecule has 0 aliphatic carbocycles. The number of pyridine rings is 1. The molecule has 22 heavy (non-hydrogen) atoms. The first-order chi connectivity index (χ1) is 10.8. The summed E-state index contributed by atoms with van der Waals surface area (Å²) in [6.45, 7) is 0.